The van der Waals surface area contributed by atoms with Crippen LogP contribution in [0.2, 0.25) is 0 Å². The first kappa shape index (κ1) is 19.3. The van der Waals surface area contributed by atoms with Crippen molar-refractivity contribution in [2.75, 3.05) is 7.11 Å². The van der Waals surface area contributed by atoms with Crippen LogP contribution in [0.5, 0.6) is 5.75 Å². The number of sulfonamides is 1. The summed E-state index contributed by atoms with van der Waals surface area (Å²) >= 11 is 0. The van der Waals surface area contributed by atoms with E-state index >= 15 is 0 Å². The number of carbonyl (C=O) groups excluding carboxylic acids is 1. The van der Waals surface area contributed by atoms with E-state index in [2.05, 4.69) is 4.72 Å². The first-order chi connectivity index (χ1) is 12.2. The van der Waals surface area contributed by atoms with Gasteiger partial charge in [-0.25, -0.2) is 13.1 Å². The van der Waals surface area contributed by atoms with Gasteiger partial charge in [0.15, 0.2) is 0 Å². The molecule has 0 amide bonds. The van der Waals surface area contributed by atoms with Crippen LogP contribution in [-0.4, -0.2) is 26.4 Å². The molecule has 0 aromatic heterocycles. The van der Waals surface area contributed by atoms with E-state index in [0.717, 1.165) is 6.07 Å². The fourth-order valence-corrected chi connectivity index (χ4v) is 3.48. The summed E-state index contributed by atoms with van der Waals surface area (Å²) in [6.45, 7) is 0. The first-order valence-electron chi connectivity index (χ1n) is 7.33. The van der Waals surface area contributed by atoms with Gasteiger partial charge in [0.25, 0.3) is 5.69 Å². The minimum atomic E-state index is -4.08. The lowest BCUT2D eigenvalue weighted by molar-refractivity contribution is -0.385. The van der Waals surface area contributed by atoms with Crippen molar-refractivity contribution >= 4 is 21.7 Å². The van der Waals surface area contributed by atoms with Crippen molar-refractivity contribution in [3.63, 3.8) is 0 Å². The summed E-state index contributed by atoms with van der Waals surface area (Å²) in [6, 6.07) is 9.32. The number of hydrogen-bond acceptors (Lipinski definition) is 7. The fourth-order valence-electron chi connectivity index (χ4n) is 2.26. The minimum absolute atomic E-state index is 0.105. The monoisotopic (exact) mass is 379 g/mol. The van der Waals surface area contributed by atoms with E-state index in [1.165, 1.54) is 49.6 Å². The van der Waals surface area contributed by atoms with E-state index in [0.29, 0.717) is 5.75 Å². The zero-order valence-electron chi connectivity index (χ0n) is 13.6. The van der Waals surface area contributed by atoms with Gasteiger partial charge in [-0.1, -0.05) is 12.1 Å². The predicted molar refractivity (Wildman–Crippen MR) is 88.8 cm³/mol. The molecule has 10 heteroatoms. The maximum Gasteiger partial charge on any atom is 0.269 e. The van der Waals surface area contributed by atoms with E-state index in [-0.39, 0.29) is 16.1 Å². The average Bonchev–Trinajstić information content (AvgIpc) is 2.60. The van der Waals surface area contributed by atoms with E-state index < -0.39 is 33.4 Å². The maximum atomic E-state index is 12.5. The molecule has 2 rings (SSSR count). The molecule has 9 nitrogen and oxygen atoms in total. The highest BCUT2D eigenvalue weighted by Gasteiger charge is 2.23. The standard InChI is InChI=1S/C16H16N2O7S/c1-25-13-5-7-14(8-6-13)26(23,24)17-15(10-16(19)20)11-3-2-4-12(9-11)18(21)22/h2-9,15,17H,10H2,1H3,(H,19,20)/p-1/t15-/m1/s1. The molecule has 0 spiro atoms. The van der Waals surface area contributed by atoms with Crippen molar-refractivity contribution in [2.24, 2.45) is 0 Å². The molecule has 0 saturated heterocycles. The summed E-state index contributed by atoms with van der Waals surface area (Å²) in [7, 11) is -2.65. The molecule has 0 saturated carbocycles. The Balaban J connectivity index is 2.36. The number of rotatable bonds is 8. The molecule has 0 aliphatic carbocycles. The number of carboxylic acid groups (broad SMARTS) is 1. The van der Waals surface area contributed by atoms with E-state index in [9.17, 15) is 28.4 Å². The summed E-state index contributed by atoms with van der Waals surface area (Å²) in [5.41, 5.74) is -0.144. The maximum absolute atomic E-state index is 12.5. The lowest BCUT2D eigenvalue weighted by Gasteiger charge is -2.20. The molecule has 0 heterocycles. The Bertz CT molecular complexity index is 910. The summed E-state index contributed by atoms with van der Waals surface area (Å²) in [5, 5.41) is 21.9. The highest BCUT2D eigenvalue weighted by molar-refractivity contribution is 7.89. The van der Waals surface area contributed by atoms with Gasteiger partial charge in [-0.15, -0.1) is 0 Å². The molecular weight excluding hydrogens is 364 g/mol. The van der Waals surface area contributed by atoms with Crippen LogP contribution >= 0.6 is 0 Å². The number of nitro benzene ring substituents is 1. The summed E-state index contributed by atoms with van der Waals surface area (Å²) in [6.07, 6.45) is -0.684. The first-order valence-corrected chi connectivity index (χ1v) is 8.82. The Labute approximate surface area is 149 Å². The molecule has 0 aliphatic rings. The van der Waals surface area contributed by atoms with Crippen molar-refractivity contribution in [1.29, 1.82) is 0 Å². The van der Waals surface area contributed by atoms with Crippen molar-refractivity contribution in [1.82, 2.24) is 4.72 Å². The molecule has 2 aromatic carbocycles. The number of nitrogens with zero attached hydrogens (tertiary/aromatic N) is 1. The smallest absolute Gasteiger partial charge is 0.269 e. The van der Waals surface area contributed by atoms with Crippen LogP contribution in [0, 0.1) is 10.1 Å². The Morgan fingerprint density at radius 3 is 2.42 bits per heavy atom. The third-order valence-electron chi connectivity index (χ3n) is 3.52. The molecule has 0 aliphatic heterocycles. The second-order valence-electron chi connectivity index (χ2n) is 5.28. The van der Waals surface area contributed by atoms with Crippen LogP contribution < -0.4 is 14.6 Å². The number of carbonyl (C=O) groups is 1. The predicted octanol–water partition coefficient (Wildman–Crippen LogP) is 0.763. The number of carboxylic acids is 1. The van der Waals surface area contributed by atoms with Gasteiger partial charge < -0.3 is 14.6 Å². The topological polar surface area (TPSA) is 139 Å². The summed E-state index contributed by atoms with van der Waals surface area (Å²) in [4.78, 5) is 21.1. The number of benzene rings is 2. The molecule has 0 fully saturated rings. The van der Waals surface area contributed by atoms with Gasteiger partial charge in [0, 0.05) is 24.5 Å². The third-order valence-corrected chi connectivity index (χ3v) is 5.01. The summed E-state index contributed by atoms with van der Waals surface area (Å²) < 4.78 is 32.2. The van der Waals surface area contributed by atoms with Crippen LogP contribution in [-0.2, 0) is 14.8 Å². The Morgan fingerprint density at radius 2 is 1.88 bits per heavy atom. The van der Waals surface area contributed by atoms with Crippen LogP contribution in [0.25, 0.3) is 0 Å². The molecule has 2 aromatic rings. The van der Waals surface area contributed by atoms with Gasteiger partial charge in [-0.2, -0.15) is 0 Å². The van der Waals surface area contributed by atoms with Crippen molar-refractivity contribution in [3.05, 3.63) is 64.2 Å². The normalized spacial score (nSPS) is 12.3. The Kier molecular flexibility index (Phi) is 5.90. The highest BCUT2D eigenvalue weighted by Crippen LogP contribution is 2.24. The molecule has 138 valence electrons. The number of aliphatic carboxylic acids is 1. The quantitative estimate of drug-likeness (QED) is 0.528. The van der Waals surface area contributed by atoms with Gasteiger partial charge in [0.1, 0.15) is 5.75 Å². The van der Waals surface area contributed by atoms with Crippen LogP contribution in [0.1, 0.15) is 18.0 Å². The SMILES string of the molecule is COc1ccc(S(=O)(=O)N[C@H](CC(=O)[O-])c2cccc([N+](=O)[O-])c2)cc1. The zero-order chi connectivity index (χ0) is 19.3. The van der Waals surface area contributed by atoms with Crippen molar-refractivity contribution in [2.45, 2.75) is 17.4 Å². The molecule has 1 N–H and O–H groups in total. The van der Waals surface area contributed by atoms with Crippen LogP contribution in [0.15, 0.2) is 53.4 Å². The lowest BCUT2D eigenvalue weighted by Crippen LogP contribution is -2.34. The van der Waals surface area contributed by atoms with E-state index in [1.54, 1.807) is 0 Å². The second kappa shape index (κ2) is 7.93. The molecule has 26 heavy (non-hydrogen) atoms. The number of nitrogens with one attached hydrogen (secondary N) is 1. The van der Waals surface area contributed by atoms with Gasteiger partial charge >= 0.3 is 0 Å². The van der Waals surface area contributed by atoms with Gasteiger partial charge in [-0.3, -0.25) is 10.1 Å². The third kappa shape index (κ3) is 4.77. The number of ether oxygens (including phenoxy) is 1. The molecule has 0 unspecified atom stereocenters. The largest absolute Gasteiger partial charge is 0.550 e. The molecule has 0 radical (unpaired) electrons. The number of hydrogen-bond donors (Lipinski definition) is 1. The zero-order valence-corrected chi connectivity index (χ0v) is 14.4. The average molecular weight is 379 g/mol. The molecule has 1 atom stereocenters. The molecule has 0 bridgehead atoms. The van der Waals surface area contributed by atoms with Crippen LogP contribution in [0.4, 0.5) is 5.69 Å². The number of nitro groups is 1. The summed E-state index contributed by atoms with van der Waals surface area (Å²) in [5.74, 6) is -1.05. The van der Waals surface area contributed by atoms with Crippen molar-refractivity contribution in [3.8, 4) is 5.75 Å². The number of methoxy groups -OCH3 is 1. The highest BCUT2D eigenvalue weighted by atomic mass is 32.2. The van der Waals surface area contributed by atoms with Crippen LogP contribution in [0.3, 0.4) is 0 Å². The second-order valence-corrected chi connectivity index (χ2v) is 6.99. The minimum Gasteiger partial charge on any atom is -0.550 e. The van der Waals surface area contributed by atoms with Gasteiger partial charge in [-0.05, 0) is 29.8 Å². The fraction of sp³-hybridized carbons (Fsp3) is 0.188. The Morgan fingerprint density at radius 1 is 1.23 bits per heavy atom. The lowest BCUT2D eigenvalue weighted by atomic mass is 10.0. The molecular formula is C16H15N2O7S-. The van der Waals surface area contributed by atoms with E-state index in [1.807, 2.05) is 0 Å². The van der Waals surface area contributed by atoms with Crippen molar-refractivity contribution < 1.29 is 28.0 Å². The number of non-ortho nitro benzene ring substituents is 1. The Hall–Kier alpha value is -2.98. The van der Waals surface area contributed by atoms with Gasteiger partial charge in [0.2, 0.25) is 10.0 Å². The van der Waals surface area contributed by atoms with E-state index in [4.69, 9.17) is 4.74 Å². The van der Waals surface area contributed by atoms with Gasteiger partial charge in [0.05, 0.1) is 23.0 Å².